The molecule has 0 aromatic heterocycles. The summed E-state index contributed by atoms with van der Waals surface area (Å²) < 4.78 is 0. The fourth-order valence-electron chi connectivity index (χ4n) is 2.83. The first kappa shape index (κ1) is 15.1. The number of carboxylic acid groups (broad SMARTS) is 1. The lowest BCUT2D eigenvalue weighted by molar-refractivity contribution is -0.148. The zero-order chi connectivity index (χ0) is 14.8. The number of nitrogens with zero attached hydrogens (tertiary/aromatic N) is 2. The smallest absolute Gasteiger partial charge is 0.329 e. The molecule has 0 aromatic carbocycles. The van der Waals surface area contributed by atoms with Crippen molar-refractivity contribution >= 4 is 12.0 Å². The molecule has 1 atom stereocenters. The number of carbonyl (C=O) groups is 2. The summed E-state index contributed by atoms with van der Waals surface area (Å²) in [4.78, 5) is 27.6. The van der Waals surface area contributed by atoms with E-state index in [1.54, 1.807) is 4.90 Å². The van der Waals surface area contributed by atoms with Crippen LogP contribution >= 0.6 is 0 Å². The van der Waals surface area contributed by atoms with Gasteiger partial charge >= 0.3 is 12.0 Å². The van der Waals surface area contributed by atoms with E-state index in [2.05, 4.69) is 24.1 Å². The number of piperazine rings is 1. The van der Waals surface area contributed by atoms with Gasteiger partial charge in [-0.15, -0.1) is 0 Å². The lowest BCUT2D eigenvalue weighted by Gasteiger charge is -2.42. The minimum absolute atomic E-state index is 0.226. The Labute approximate surface area is 120 Å². The van der Waals surface area contributed by atoms with Crippen LogP contribution in [0.1, 0.15) is 39.5 Å². The van der Waals surface area contributed by atoms with Crippen molar-refractivity contribution < 1.29 is 14.7 Å². The number of carboxylic acids is 1. The van der Waals surface area contributed by atoms with Crippen LogP contribution in [0.25, 0.3) is 0 Å². The van der Waals surface area contributed by atoms with E-state index < -0.39 is 11.5 Å². The largest absolute Gasteiger partial charge is 0.480 e. The van der Waals surface area contributed by atoms with Gasteiger partial charge in [0.25, 0.3) is 0 Å². The van der Waals surface area contributed by atoms with Crippen molar-refractivity contribution in [2.75, 3.05) is 26.2 Å². The number of hydrogen-bond acceptors (Lipinski definition) is 3. The van der Waals surface area contributed by atoms with E-state index in [0.29, 0.717) is 32.0 Å². The maximum atomic E-state index is 12.2. The number of amides is 2. The molecule has 1 saturated heterocycles. The summed E-state index contributed by atoms with van der Waals surface area (Å²) in [5, 5.41) is 12.0. The Morgan fingerprint density at radius 3 is 2.25 bits per heavy atom. The van der Waals surface area contributed by atoms with Crippen molar-refractivity contribution in [2.45, 2.75) is 51.1 Å². The van der Waals surface area contributed by atoms with E-state index in [1.165, 1.54) is 0 Å². The molecule has 1 aliphatic carbocycles. The highest BCUT2D eigenvalue weighted by Gasteiger charge is 2.46. The fourth-order valence-corrected chi connectivity index (χ4v) is 2.83. The third kappa shape index (κ3) is 2.90. The van der Waals surface area contributed by atoms with Gasteiger partial charge in [0.05, 0.1) is 0 Å². The van der Waals surface area contributed by atoms with Crippen LogP contribution in [0.15, 0.2) is 0 Å². The molecule has 0 radical (unpaired) electrons. The summed E-state index contributed by atoms with van der Waals surface area (Å²) in [6.45, 7) is 7.43. The van der Waals surface area contributed by atoms with Crippen LogP contribution in [-0.4, -0.2) is 64.7 Å². The van der Waals surface area contributed by atoms with Gasteiger partial charge < -0.3 is 15.3 Å². The number of carbonyl (C=O) groups excluding carboxylic acids is 1. The highest BCUT2D eigenvalue weighted by Crippen LogP contribution is 2.32. The van der Waals surface area contributed by atoms with Crippen LogP contribution in [0.3, 0.4) is 0 Å². The van der Waals surface area contributed by atoms with E-state index in [4.69, 9.17) is 0 Å². The maximum Gasteiger partial charge on any atom is 0.329 e. The molecule has 2 N–H and O–H groups in total. The molecule has 6 heteroatoms. The van der Waals surface area contributed by atoms with E-state index in [-0.39, 0.29) is 6.03 Å². The van der Waals surface area contributed by atoms with E-state index in [0.717, 1.165) is 25.9 Å². The van der Waals surface area contributed by atoms with E-state index in [1.807, 2.05) is 0 Å². The van der Waals surface area contributed by atoms with Crippen molar-refractivity contribution in [1.82, 2.24) is 15.1 Å². The molecule has 1 aliphatic heterocycles. The lowest BCUT2D eigenvalue weighted by atomic mass is 9.77. The first-order valence-corrected chi connectivity index (χ1v) is 7.53. The van der Waals surface area contributed by atoms with Crippen LogP contribution < -0.4 is 5.32 Å². The van der Waals surface area contributed by atoms with Crippen LogP contribution in [0.5, 0.6) is 0 Å². The second-order valence-corrected chi connectivity index (χ2v) is 5.95. The minimum atomic E-state index is -1.01. The average Bonchev–Trinajstić information content (AvgIpc) is 2.41. The molecule has 6 nitrogen and oxygen atoms in total. The zero-order valence-corrected chi connectivity index (χ0v) is 12.4. The fraction of sp³-hybridized carbons (Fsp3) is 0.857. The Bertz CT molecular complexity index is 374. The summed E-state index contributed by atoms with van der Waals surface area (Å²) in [7, 11) is 0. The summed E-state index contributed by atoms with van der Waals surface area (Å²) in [6.07, 6.45) is 3.06. The Morgan fingerprint density at radius 1 is 1.25 bits per heavy atom. The third-order valence-electron chi connectivity index (χ3n) is 4.78. The molecular formula is C14H25N3O3. The molecule has 2 fully saturated rings. The third-order valence-corrected chi connectivity index (χ3v) is 4.78. The second-order valence-electron chi connectivity index (χ2n) is 5.95. The standard InChI is InChI=1S/C14H25N3O3/c1-3-11(2)16-7-9-17(10-8-16)13(20)15-14(12(18)19)5-4-6-14/h11H,3-10H2,1-2H3,(H,15,20)(H,18,19). The van der Waals surface area contributed by atoms with Gasteiger partial charge in [0.1, 0.15) is 5.54 Å². The SMILES string of the molecule is CCC(C)N1CCN(C(=O)NC2(C(=O)O)CCC2)CC1. The van der Waals surface area contributed by atoms with Gasteiger partial charge in [-0.3, -0.25) is 4.90 Å². The maximum absolute atomic E-state index is 12.2. The van der Waals surface area contributed by atoms with E-state index >= 15 is 0 Å². The molecule has 20 heavy (non-hydrogen) atoms. The lowest BCUT2D eigenvalue weighted by Crippen LogP contribution is -2.63. The van der Waals surface area contributed by atoms with Crippen molar-refractivity contribution in [3.8, 4) is 0 Å². The van der Waals surface area contributed by atoms with Gasteiger partial charge in [-0.05, 0) is 32.6 Å². The molecule has 114 valence electrons. The highest BCUT2D eigenvalue weighted by molar-refractivity contribution is 5.87. The summed E-state index contributed by atoms with van der Waals surface area (Å²) in [6, 6.07) is 0.313. The molecule has 2 aliphatic rings. The topological polar surface area (TPSA) is 72.9 Å². The molecule has 2 amide bonds. The van der Waals surface area contributed by atoms with Crippen molar-refractivity contribution in [3.05, 3.63) is 0 Å². The Hall–Kier alpha value is -1.30. The number of rotatable bonds is 4. The Kier molecular flexibility index (Phi) is 4.52. The van der Waals surface area contributed by atoms with Crippen molar-refractivity contribution in [3.63, 3.8) is 0 Å². The molecule has 0 aromatic rings. The Morgan fingerprint density at radius 2 is 1.85 bits per heavy atom. The van der Waals surface area contributed by atoms with Crippen LogP contribution in [0, 0.1) is 0 Å². The summed E-state index contributed by atoms with van der Waals surface area (Å²) in [5.74, 6) is -0.907. The predicted molar refractivity (Wildman–Crippen MR) is 75.6 cm³/mol. The quantitative estimate of drug-likeness (QED) is 0.811. The van der Waals surface area contributed by atoms with Gasteiger partial charge in [-0.1, -0.05) is 6.92 Å². The first-order valence-electron chi connectivity index (χ1n) is 7.53. The van der Waals surface area contributed by atoms with Crippen molar-refractivity contribution in [2.24, 2.45) is 0 Å². The van der Waals surface area contributed by atoms with E-state index in [9.17, 15) is 14.7 Å². The van der Waals surface area contributed by atoms with Gasteiger partial charge in [-0.2, -0.15) is 0 Å². The van der Waals surface area contributed by atoms with Crippen LogP contribution in [-0.2, 0) is 4.79 Å². The number of nitrogens with one attached hydrogen (secondary N) is 1. The first-order chi connectivity index (χ1) is 9.48. The van der Waals surface area contributed by atoms with Crippen LogP contribution in [0.2, 0.25) is 0 Å². The van der Waals surface area contributed by atoms with Gasteiger partial charge in [-0.25, -0.2) is 9.59 Å². The summed E-state index contributed by atoms with van der Waals surface area (Å²) >= 11 is 0. The molecule has 0 bridgehead atoms. The van der Waals surface area contributed by atoms with Crippen molar-refractivity contribution in [1.29, 1.82) is 0 Å². The molecule has 2 rings (SSSR count). The van der Waals surface area contributed by atoms with Gasteiger partial charge in [0, 0.05) is 32.2 Å². The number of aliphatic carboxylic acids is 1. The monoisotopic (exact) mass is 283 g/mol. The van der Waals surface area contributed by atoms with Gasteiger partial charge in [0.2, 0.25) is 0 Å². The zero-order valence-electron chi connectivity index (χ0n) is 12.4. The average molecular weight is 283 g/mol. The van der Waals surface area contributed by atoms with Crippen LogP contribution in [0.4, 0.5) is 4.79 Å². The molecule has 1 saturated carbocycles. The molecule has 1 unspecified atom stereocenters. The normalized spacial score (nSPS) is 23.8. The molecule has 1 heterocycles. The summed E-state index contributed by atoms with van der Waals surface area (Å²) in [5.41, 5.74) is -1.01. The molecule has 0 spiro atoms. The number of hydrogen-bond donors (Lipinski definition) is 2. The Balaban J connectivity index is 1.84. The van der Waals surface area contributed by atoms with Gasteiger partial charge in [0.15, 0.2) is 0 Å². The number of urea groups is 1. The molecular weight excluding hydrogens is 258 g/mol. The highest BCUT2D eigenvalue weighted by atomic mass is 16.4. The predicted octanol–water partition coefficient (Wildman–Crippen LogP) is 1.12. The minimum Gasteiger partial charge on any atom is -0.480 e. The second kappa shape index (κ2) is 5.99.